The molecule has 0 aromatic rings. The van der Waals surface area contributed by atoms with Crippen LogP contribution < -0.4 is 5.73 Å². The van der Waals surface area contributed by atoms with Gasteiger partial charge in [-0.25, -0.2) is 0 Å². The van der Waals surface area contributed by atoms with Gasteiger partial charge in [-0.15, -0.1) is 0 Å². The Morgan fingerprint density at radius 3 is 1.08 bits per heavy atom. The van der Waals surface area contributed by atoms with Crippen LogP contribution in [-0.4, -0.2) is 18.4 Å². The monoisotopic (exact) mass is 193 g/mol. The summed E-state index contributed by atoms with van der Waals surface area (Å²) in [6.07, 6.45) is -9.67. The molecule has 0 spiro atoms. The SMILES string of the molecule is NC1[C@@H](C(F)(F)F)[C@H]1C(F)(F)F. The molecule has 0 amide bonds. The van der Waals surface area contributed by atoms with Crippen molar-refractivity contribution in [2.24, 2.45) is 17.6 Å². The predicted octanol–water partition coefficient (Wildman–Crippen LogP) is 1.68. The quantitative estimate of drug-likeness (QED) is 0.582. The average molecular weight is 193 g/mol. The van der Waals surface area contributed by atoms with E-state index in [9.17, 15) is 26.3 Å². The highest BCUT2D eigenvalue weighted by Gasteiger charge is 2.72. The predicted molar refractivity (Wildman–Crippen MR) is 27.1 cm³/mol. The third kappa shape index (κ3) is 1.50. The zero-order chi connectivity index (χ0) is 9.73. The van der Waals surface area contributed by atoms with Gasteiger partial charge in [0.05, 0.1) is 11.8 Å². The van der Waals surface area contributed by atoms with Gasteiger partial charge in [0.15, 0.2) is 0 Å². The number of nitrogens with two attached hydrogens (primary N) is 1. The number of halogens is 6. The molecule has 1 saturated carbocycles. The first-order valence-electron chi connectivity index (χ1n) is 3.04. The number of hydrogen-bond acceptors (Lipinski definition) is 1. The summed E-state index contributed by atoms with van der Waals surface area (Å²) in [6, 6.07) is -1.81. The van der Waals surface area contributed by atoms with E-state index < -0.39 is 30.2 Å². The molecular formula is C5H5F6N. The normalized spacial score (nSPS) is 36.8. The molecule has 0 heterocycles. The lowest BCUT2D eigenvalue weighted by Crippen LogP contribution is -2.19. The molecule has 0 radical (unpaired) electrons. The van der Waals surface area contributed by atoms with Crippen molar-refractivity contribution < 1.29 is 26.3 Å². The standard InChI is InChI=1S/C5H5F6N/c6-4(7,8)1-2(3(1)12)5(9,10)11/h1-3H,12H2/t1-,2+,3?. The van der Waals surface area contributed by atoms with Crippen molar-refractivity contribution in [3.63, 3.8) is 0 Å². The first kappa shape index (κ1) is 9.63. The molecule has 1 aliphatic carbocycles. The maximum atomic E-state index is 11.7. The van der Waals surface area contributed by atoms with Gasteiger partial charge in [-0.05, 0) is 0 Å². The number of rotatable bonds is 0. The highest BCUT2D eigenvalue weighted by atomic mass is 19.4. The average Bonchev–Trinajstić information content (AvgIpc) is 2.35. The van der Waals surface area contributed by atoms with E-state index >= 15 is 0 Å². The van der Waals surface area contributed by atoms with Crippen molar-refractivity contribution in [2.75, 3.05) is 0 Å². The van der Waals surface area contributed by atoms with Crippen LogP contribution >= 0.6 is 0 Å². The summed E-state index contributed by atoms with van der Waals surface area (Å²) in [7, 11) is 0. The van der Waals surface area contributed by atoms with Crippen LogP contribution in [0.1, 0.15) is 0 Å². The molecule has 1 nitrogen and oxygen atoms in total. The van der Waals surface area contributed by atoms with Gasteiger partial charge in [-0.3, -0.25) is 0 Å². The molecule has 1 rings (SSSR count). The molecule has 1 fully saturated rings. The topological polar surface area (TPSA) is 26.0 Å². The third-order valence-corrected chi connectivity index (χ3v) is 1.83. The molecule has 0 aromatic carbocycles. The highest BCUT2D eigenvalue weighted by Crippen LogP contribution is 2.56. The van der Waals surface area contributed by atoms with Crippen LogP contribution in [0, 0.1) is 11.8 Å². The number of hydrogen-bond donors (Lipinski definition) is 1. The minimum Gasteiger partial charge on any atom is -0.327 e. The first-order chi connectivity index (χ1) is 5.15. The summed E-state index contributed by atoms with van der Waals surface area (Å²) in [5.41, 5.74) is 4.64. The van der Waals surface area contributed by atoms with Crippen molar-refractivity contribution in [1.29, 1.82) is 0 Å². The van der Waals surface area contributed by atoms with Gasteiger partial charge >= 0.3 is 12.4 Å². The Morgan fingerprint density at radius 2 is 1.00 bits per heavy atom. The lowest BCUT2D eigenvalue weighted by Gasteiger charge is -2.06. The molecule has 0 aromatic heterocycles. The van der Waals surface area contributed by atoms with E-state index in [-0.39, 0.29) is 0 Å². The molecule has 1 aliphatic rings. The van der Waals surface area contributed by atoms with E-state index in [1.54, 1.807) is 0 Å². The molecule has 7 heteroatoms. The highest BCUT2D eigenvalue weighted by molar-refractivity contribution is 5.08. The molecule has 1 unspecified atom stereocenters. The van der Waals surface area contributed by atoms with Gasteiger partial charge in [0, 0.05) is 6.04 Å². The zero-order valence-electron chi connectivity index (χ0n) is 5.58. The van der Waals surface area contributed by atoms with E-state index in [4.69, 9.17) is 0 Å². The van der Waals surface area contributed by atoms with E-state index in [0.717, 1.165) is 0 Å². The minimum absolute atomic E-state index is 1.81. The Kier molecular flexibility index (Phi) is 1.82. The summed E-state index contributed by atoms with van der Waals surface area (Å²) in [5.74, 6) is -4.81. The second-order valence-corrected chi connectivity index (χ2v) is 2.71. The zero-order valence-corrected chi connectivity index (χ0v) is 5.58. The Bertz CT molecular complexity index is 161. The maximum absolute atomic E-state index is 11.7. The fourth-order valence-electron chi connectivity index (χ4n) is 1.18. The van der Waals surface area contributed by atoms with Crippen LogP contribution in [0.2, 0.25) is 0 Å². The largest absolute Gasteiger partial charge is 0.393 e. The molecule has 12 heavy (non-hydrogen) atoms. The minimum atomic E-state index is -4.83. The molecule has 0 bridgehead atoms. The van der Waals surface area contributed by atoms with Crippen LogP contribution in [0.15, 0.2) is 0 Å². The smallest absolute Gasteiger partial charge is 0.327 e. The van der Waals surface area contributed by atoms with Crippen LogP contribution in [0.4, 0.5) is 26.3 Å². The Morgan fingerprint density at radius 1 is 0.750 bits per heavy atom. The second kappa shape index (κ2) is 2.27. The lowest BCUT2D eigenvalue weighted by molar-refractivity contribution is -0.191. The Balaban J connectivity index is 2.67. The van der Waals surface area contributed by atoms with E-state index in [1.165, 1.54) is 0 Å². The molecule has 2 N–H and O–H groups in total. The van der Waals surface area contributed by atoms with Crippen LogP contribution in [0.25, 0.3) is 0 Å². The van der Waals surface area contributed by atoms with Gasteiger partial charge in [0.1, 0.15) is 0 Å². The molecule has 72 valence electrons. The fraction of sp³-hybridized carbons (Fsp3) is 1.00. The fourth-order valence-corrected chi connectivity index (χ4v) is 1.18. The first-order valence-corrected chi connectivity index (χ1v) is 3.04. The van der Waals surface area contributed by atoms with E-state index in [0.29, 0.717) is 0 Å². The second-order valence-electron chi connectivity index (χ2n) is 2.71. The Hall–Kier alpha value is -0.460. The lowest BCUT2D eigenvalue weighted by atomic mass is 10.3. The van der Waals surface area contributed by atoms with E-state index in [1.807, 2.05) is 0 Å². The summed E-state index contributed by atoms with van der Waals surface area (Å²) in [5, 5.41) is 0. The maximum Gasteiger partial charge on any atom is 0.393 e. The van der Waals surface area contributed by atoms with Crippen LogP contribution in [0.3, 0.4) is 0 Å². The summed E-state index contributed by atoms with van der Waals surface area (Å²) < 4.78 is 70.1. The van der Waals surface area contributed by atoms with Crippen molar-refractivity contribution in [3.05, 3.63) is 0 Å². The van der Waals surface area contributed by atoms with Gasteiger partial charge in [-0.2, -0.15) is 26.3 Å². The van der Waals surface area contributed by atoms with Crippen LogP contribution in [-0.2, 0) is 0 Å². The van der Waals surface area contributed by atoms with Crippen molar-refractivity contribution in [3.8, 4) is 0 Å². The number of alkyl halides is 6. The Labute approximate surface area is 63.5 Å². The summed E-state index contributed by atoms with van der Waals surface area (Å²) in [6.45, 7) is 0. The van der Waals surface area contributed by atoms with Crippen molar-refractivity contribution in [2.45, 2.75) is 18.4 Å². The molecule has 0 saturated heterocycles. The summed E-state index contributed by atoms with van der Waals surface area (Å²) in [4.78, 5) is 0. The molecule has 0 aliphatic heterocycles. The van der Waals surface area contributed by atoms with Gasteiger partial charge in [0.2, 0.25) is 0 Å². The van der Waals surface area contributed by atoms with Crippen molar-refractivity contribution in [1.82, 2.24) is 0 Å². The van der Waals surface area contributed by atoms with Gasteiger partial charge in [0.25, 0.3) is 0 Å². The van der Waals surface area contributed by atoms with Gasteiger partial charge < -0.3 is 5.73 Å². The van der Waals surface area contributed by atoms with Gasteiger partial charge in [-0.1, -0.05) is 0 Å². The molecular weight excluding hydrogens is 188 g/mol. The third-order valence-electron chi connectivity index (χ3n) is 1.83. The van der Waals surface area contributed by atoms with Crippen molar-refractivity contribution >= 4 is 0 Å². The molecule has 3 atom stereocenters. The van der Waals surface area contributed by atoms with Crippen LogP contribution in [0.5, 0.6) is 0 Å². The van der Waals surface area contributed by atoms with E-state index in [2.05, 4.69) is 5.73 Å². The summed E-state index contributed by atoms with van der Waals surface area (Å²) >= 11 is 0.